The molecule has 1 atom stereocenters. The fraction of sp³-hybridized carbons (Fsp3) is 0.583. The molecule has 1 aliphatic rings. The highest BCUT2D eigenvalue weighted by Crippen LogP contribution is 2.38. The highest BCUT2D eigenvalue weighted by molar-refractivity contribution is 5.42. The van der Waals surface area contributed by atoms with Crippen LogP contribution in [0.4, 0.5) is 5.69 Å². The van der Waals surface area contributed by atoms with E-state index in [0.717, 1.165) is 0 Å². The summed E-state index contributed by atoms with van der Waals surface area (Å²) in [4.78, 5) is 4.01. The van der Waals surface area contributed by atoms with E-state index in [2.05, 4.69) is 24.1 Å². The third-order valence-corrected chi connectivity index (χ3v) is 3.02. The fourth-order valence-electron chi connectivity index (χ4n) is 2.24. The van der Waals surface area contributed by atoms with E-state index in [4.69, 9.17) is 0 Å². The van der Waals surface area contributed by atoms with Crippen LogP contribution in [0.5, 0.6) is 0 Å². The topological polar surface area (TPSA) is 24.9 Å². The van der Waals surface area contributed by atoms with E-state index in [1.807, 2.05) is 24.5 Å². The van der Waals surface area contributed by atoms with Gasteiger partial charge in [-0.2, -0.15) is 0 Å². The lowest BCUT2D eigenvalue weighted by molar-refractivity contribution is 0.378. The molecule has 0 radical (unpaired) electrons. The van der Waals surface area contributed by atoms with Crippen LogP contribution in [0.15, 0.2) is 24.5 Å². The number of nitrogens with zero attached hydrogens (tertiary/aromatic N) is 1. The van der Waals surface area contributed by atoms with Gasteiger partial charge >= 0.3 is 0 Å². The molecular weight excluding hydrogens is 172 g/mol. The van der Waals surface area contributed by atoms with Gasteiger partial charge in [-0.25, -0.2) is 0 Å². The van der Waals surface area contributed by atoms with Gasteiger partial charge in [-0.1, -0.05) is 13.8 Å². The van der Waals surface area contributed by atoms with Crippen molar-refractivity contribution in [3.63, 3.8) is 0 Å². The average molecular weight is 190 g/mol. The van der Waals surface area contributed by atoms with E-state index >= 15 is 0 Å². The molecule has 0 aliphatic heterocycles. The lowest BCUT2D eigenvalue weighted by atomic mass is 9.92. The van der Waals surface area contributed by atoms with Crippen molar-refractivity contribution in [1.82, 2.24) is 4.98 Å². The van der Waals surface area contributed by atoms with Crippen molar-refractivity contribution in [2.24, 2.45) is 5.41 Å². The maximum Gasteiger partial charge on any atom is 0.0373 e. The first-order valence-corrected chi connectivity index (χ1v) is 5.32. The van der Waals surface area contributed by atoms with Gasteiger partial charge in [-0.15, -0.1) is 0 Å². The van der Waals surface area contributed by atoms with Gasteiger partial charge in [-0.3, -0.25) is 4.98 Å². The maximum atomic E-state index is 4.01. The average Bonchev–Trinajstić information content (AvgIpc) is 2.47. The lowest BCUT2D eigenvalue weighted by Crippen LogP contribution is -2.17. The Morgan fingerprint density at radius 1 is 1.36 bits per heavy atom. The minimum Gasteiger partial charge on any atom is -0.382 e. The Hall–Kier alpha value is -1.05. The van der Waals surface area contributed by atoms with Gasteiger partial charge in [0.1, 0.15) is 0 Å². The molecule has 0 aromatic carbocycles. The molecule has 14 heavy (non-hydrogen) atoms. The molecule has 1 fully saturated rings. The molecule has 1 aliphatic carbocycles. The van der Waals surface area contributed by atoms with E-state index < -0.39 is 0 Å². The van der Waals surface area contributed by atoms with Gasteiger partial charge in [0, 0.05) is 24.1 Å². The number of hydrogen-bond acceptors (Lipinski definition) is 2. The number of aromatic nitrogens is 1. The number of rotatable bonds is 2. The summed E-state index contributed by atoms with van der Waals surface area (Å²) in [5, 5.41) is 3.56. The first-order chi connectivity index (χ1) is 6.66. The Labute approximate surface area is 85.7 Å². The molecule has 2 heteroatoms. The number of nitrogens with one attached hydrogen (secondary N) is 1. The Bertz CT molecular complexity index is 292. The zero-order chi connectivity index (χ0) is 10.0. The summed E-state index contributed by atoms with van der Waals surface area (Å²) < 4.78 is 0. The van der Waals surface area contributed by atoms with Crippen LogP contribution in [0, 0.1) is 5.41 Å². The minimum atomic E-state index is 0.519. The molecule has 1 heterocycles. The summed E-state index contributed by atoms with van der Waals surface area (Å²) in [5.41, 5.74) is 1.72. The zero-order valence-electron chi connectivity index (χ0n) is 8.96. The van der Waals surface area contributed by atoms with Crippen LogP contribution in [-0.4, -0.2) is 11.0 Å². The second-order valence-corrected chi connectivity index (χ2v) is 4.98. The van der Waals surface area contributed by atoms with Crippen molar-refractivity contribution in [2.75, 3.05) is 5.32 Å². The Balaban J connectivity index is 1.94. The molecule has 1 aromatic rings. The summed E-state index contributed by atoms with van der Waals surface area (Å²) in [6, 6.07) is 4.71. The lowest BCUT2D eigenvalue weighted by Gasteiger charge is -2.18. The Morgan fingerprint density at radius 3 is 2.64 bits per heavy atom. The second-order valence-electron chi connectivity index (χ2n) is 4.98. The molecule has 1 aromatic heterocycles. The monoisotopic (exact) mass is 190 g/mol. The van der Waals surface area contributed by atoms with Crippen LogP contribution in [0.1, 0.15) is 33.1 Å². The fourth-order valence-corrected chi connectivity index (χ4v) is 2.24. The maximum absolute atomic E-state index is 4.01. The third-order valence-electron chi connectivity index (χ3n) is 3.02. The van der Waals surface area contributed by atoms with Crippen LogP contribution < -0.4 is 5.32 Å². The molecule has 0 spiro atoms. The molecule has 1 unspecified atom stereocenters. The SMILES string of the molecule is CC1(C)CCC(Nc2ccncc2)C1. The molecule has 0 bridgehead atoms. The second kappa shape index (κ2) is 3.60. The number of anilines is 1. The zero-order valence-corrected chi connectivity index (χ0v) is 8.96. The largest absolute Gasteiger partial charge is 0.382 e. The van der Waals surface area contributed by atoms with Crippen molar-refractivity contribution in [2.45, 2.75) is 39.2 Å². The highest BCUT2D eigenvalue weighted by atomic mass is 14.9. The summed E-state index contributed by atoms with van der Waals surface area (Å²) >= 11 is 0. The third kappa shape index (κ3) is 2.25. The standard InChI is InChI=1S/C12H18N2/c1-12(2)6-3-11(9-12)14-10-4-7-13-8-5-10/h4-5,7-8,11H,3,6,9H2,1-2H3,(H,13,14). The molecule has 2 rings (SSSR count). The van der Waals surface area contributed by atoms with Crippen LogP contribution >= 0.6 is 0 Å². The summed E-state index contributed by atoms with van der Waals surface area (Å²) in [6.07, 6.45) is 7.56. The molecule has 1 N–H and O–H groups in total. The van der Waals surface area contributed by atoms with Gasteiger partial charge in [0.05, 0.1) is 0 Å². The predicted octanol–water partition coefficient (Wildman–Crippen LogP) is 3.07. The van der Waals surface area contributed by atoms with Gasteiger partial charge in [-0.05, 0) is 36.8 Å². The molecular formula is C12H18N2. The van der Waals surface area contributed by atoms with Crippen LogP contribution in [0.3, 0.4) is 0 Å². The molecule has 76 valence electrons. The molecule has 2 nitrogen and oxygen atoms in total. The van der Waals surface area contributed by atoms with Crippen LogP contribution in [-0.2, 0) is 0 Å². The first kappa shape index (κ1) is 9.50. The summed E-state index contributed by atoms with van der Waals surface area (Å²) in [7, 11) is 0. The number of pyridine rings is 1. The first-order valence-electron chi connectivity index (χ1n) is 5.32. The predicted molar refractivity (Wildman–Crippen MR) is 59.3 cm³/mol. The van der Waals surface area contributed by atoms with Crippen LogP contribution in [0.25, 0.3) is 0 Å². The molecule has 0 saturated heterocycles. The van der Waals surface area contributed by atoms with Crippen molar-refractivity contribution in [1.29, 1.82) is 0 Å². The minimum absolute atomic E-state index is 0.519. The normalized spacial score (nSPS) is 24.9. The smallest absolute Gasteiger partial charge is 0.0373 e. The molecule has 0 amide bonds. The summed E-state index contributed by atoms with van der Waals surface area (Å²) in [5.74, 6) is 0. The van der Waals surface area contributed by atoms with E-state index in [9.17, 15) is 0 Å². The van der Waals surface area contributed by atoms with Gasteiger partial charge < -0.3 is 5.32 Å². The van der Waals surface area contributed by atoms with E-state index in [1.54, 1.807) is 0 Å². The van der Waals surface area contributed by atoms with E-state index in [1.165, 1.54) is 24.9 Å². The van der Waals surface area contributed by atoms with E-state index in [0.29, 0.717) is 11.5 Å². The summed E-state index contributed by atoms with van der Waals surface area (Å²) in [6.45, 7) is 4.70. The molecule has 1 saturated carbocycles. The van der Waals surface area contributed by atoms with Crippen molar-refractivity contribution >= 4 is 5.69 Å². The van der Waals surface area contributed by atoms with Crippen molar-refractivity contribution < 1.29 is 0 Å². The van der Waals surface area contributed by atoms with Crippen molar-refractivity contribution in [3.05, 3.63) is 24.5 Å². The Kier molecular flexibility index (Phi) is 2.44. The van der Waals surface area contributed by atoms with Crippen molar-refractivity contribution in [3.8, 4) is 0 Å². The highest BCUT2D eigenvalue weighted by Gasteiger charge is 2.30. The number of hydrogen-bond donors (Lipinski definition) is 1. The van der Waals surface area contributed by atoms with E-state index in [-0.39, 0.29) is 0 Å². The Morgan fingerprint density at radius 2 is 2.07 bits per heavy atom. The van der Waals surface area contributed by atoms with Gasteiger partial charge in [0.15, 0.2) is 0 Å². The quantitative estimate of drug-likeness (QED) is 0.775. The van der Waals surface area contributed by atoms with Gasteiger partial charge in [0.25, 0.3) is 0 Å². The van der Waals surface area contributed by atoms with Gasteiger partial charge in [0.2, 0.25) is 0 Å². The van der Waals surface area contributed by atoms with Crippen LogP contribution in [0.2, 0.25) is 0 Å².